The molecular formula is C14H15FN4O5. The van der Waals surface area contributed by atoms with Crippen LogP contribution >= 0.6 is 0 Å². The monoisotopic (exact) mass is 338 g/mol. The number of aliphatic carboxylic acids is 1. The maximum absolute atomic E-state index is 13.2. The van der Waals surface area contributed by atoms with Crippen molar-refractivity contribution in [3.05, 3.63) is 35.4 Å². The molecule has 0 aliphatic rings. The molecule has 0 aliphatic carbocycles. The topological polar surface area (TPSA) is 142 Å². The fourth-order valence-corrected chi connectivity index (χ4v) is 1.89. The van der Waals surface area contributed by atoms with Gasteiger partial charge in [0, 0.05) is 25.3 Å². The standard InChI is InChI=1S/C14H15FN4O5/c1-24-12(8-4-9(15)6-17-5-8)13(21)19-11(14(22)23)3-2-10(20)7-18-16/h4-7,11-12H,2-3H2,1H3,(H,19,21)(H,22,23)/t11-,12-/m0/s1. The molecule has 10 heteroatoms. The summed E-state index contributed by atoms with van der Waals surface area (Å²) >= 11 is 0. The van der Waals surface area contributed by atoms with Gasteiger partial charge in [-0.1, -0.05) is 0 Å². The van der Waals surface area contributed by atoms with E-state index in [0.717, 1.165) is 12.3 Å². The van der Waals surface area contributed by atoms with Crippen molar-refractivity contribution in [2.75, 3.05) is 7.11 Å². The SMILES string of the molecule is CO[C@H](C(=O)N[C@@H](CCC(=O)C=[N+]=[N-])C(=O)O)c1cncc(F)c1. The highest BCUT2D eigenvalue weighted by Gasteiger charge is 2.27. The van der Waals surface area contributed by atoms with Crippen LogP contribution in [0.1, 0.15) is 24.5 Å². The quantitative estimate of drug-likeness (QED) is 0.372. The summed E-state index contributed by atoms with van der Waals surface area (Å²) in [5.41, 5.74) is 8.33. The predicted octanol–water partition coefficient (Wildman–Crippen LogP) is 0.127. The van der Waals surface area contributed by atoms with Gasteiger partial charge in [-0.25, -0.2) is 9.18 Å². The summed E-state index contributed by atoms with van der Waals surface area (Å²) in [6.07, 6.45) is 1.07. The number of ether oxygens (including phenoxy) is 1. The molecule has 0 aromatic carbocycles. The van der Waals surface area contributed by atoms with Crippen LogP contribution in [0.4, 0.5) is 4.39 Å². The summed E-state index contributed by atoms with van der Waals surface area (Å²) in [6.45, 7) is 0. The summed E-state index contributed by atoms with van der Waals surface area (Å²) in [7, 11) is 1.20. The van der Waals surface area contributed by atoms with Crippen LogP contribution in [-0.2, 0) is 19.1 Å². The molecule has 0 bridgehead atoms. The molecule has 1 rings (SSSR count). The molecule has 1 aromatic heterocycles. The predicted molar refractivity (Wildman–Crippen MR) is 77.4 cm³/mol. The molecule has 0 saturated heterocycles. The number of hydrogen-bond acceptors (Lipinski definition) is 5. The lowest BCUT2D eigenvalue weighted by atomic mass is 10.1. The summed E-state index contributed by atoms with van der Waals surface area (Å²) < 4.78 is 18.2. The number of carbonyl (C=O) groups excluding carboxylic acids is 2. The Balaban J connectivity index is 2.80. The molecule has 0 spiro atoms. The molecule has 0 unspecified atom stereocenters. The molecule has 128 valence electrons. The van der Waals surface area contributed by atoms with E-state index < -0.39 is 35.6 Å². The first kappa shape index (κ1) is 19.1. The Hall–Kier alpha value is -2.97. The number of methoxy groups -OCH3 is 1. The molecule has 0 radical (unpaired) electrons. The van der Waals surface area contributed by atoms with Crippen LogP contribution in [0.25, 0.3) is 5.53 Å². The molecular weight excluding hydrogens is 323 g/mol. The second-order valence-electron chi connectivity index (χ2n) is 4.70. The zero-order valence-electron chi connectivity index (χ0n) is 12.7. The third-order valence-corrected chi connectivity index (χ3v) is 3.00. The van der Waals surface area contributed by atoms with E-state index in [1.807, 2.05) is 0 Å². The van der Waals surface area contributed by atoms with Crippen LogP contribution in [-0.4, -0.2) is 51.9 Å². The Morgan fingerprint density at radius 2 is 2.21 bits per heavy atom. The molecule has 0 fully saturated rings. The van der Waals surface area contributed by atoms with Gasteiger partial charge in [-0.3, -0.25) is 14.6 Å². The van der Waals surface area contributed by atoms with Crippen LogP contribution < -0.4 is 5.32 Å². The Morgan fingerprint density at radius 3 is 2.75 bits per heavy atom. The van der Waals surface area contributed by atoms with Gasteiger partial charge >= 0.3 is 12.2 Å². The lowest BCUT2D eigenvalue weighted by Gasteiger charge is -2.19. The van der Waals surface area contributed by atoms with Gasteiger partial charge in [0.1, 0.15) is 11.9 Å². The van der Waals surface area contributed by atoms with Gasteiger partial charge in [-0.05, 0) is 12.5 Å². The second kappa shape index (κ2) is 9.23. The van der Waals surface area contributed by atoms with Crippen molar-refractivity contribution in [3.8, 4) is 0 Å². The molecule has 24 heavy (non-hydrogen) atoms. The molecule has 2 atom stereocenters. The van der Waals surface area contributed by atoms with E-state index in [1.54, 1.807) is 0 Å². The average Bonchev–Trinajstić information content (AvgIpc) is 2.52. The number of halogens is 1. The lowest BCUT2D eigenvalue weighted by Crippen LogP contribution is -2.43. The highest BCUT2D eigenvalue weighted by molar-refractivity contribution is 6.25. The number of hydrogen-bond donors (Lipinski definition) is 2. The van der Waals surface area contributed by atoms with Gasteiger partial charge in [0.2, 0.25) is 5.78 Å². The number of Topliss-reactive ketones (excluding diaryl/α,β-unsaturated/α-hetero) is 1. The third kappa shape index (κ3) is 5.67. The number of carboxylic acid groups (broad SMARTS) is 1. The number of pyridine rings is 1. The molecule has 1 aromatic rings. The fraction of sp³-hybridized carbons (Fsp3) is 0.357. The summed E-state index contributed by atoms with van der Waals surface area (Å²) in [5.74, 6) is -3.45. The first-order valence-corrected chi connectivity index (χ1v) is 6.75. The third-order valence-electron chi connectivity index (χ3n) is 3.00. The van der Waals surface area contributed by atoms with Crippen molar-refractivity contribution in [2.45, 2.75) is 25.0 Å². The first-order chi connectivity index (χ1) is 11.4. The van der Waals surface area contributed by atoms with Crippen LogP contribution in [0.15, 0.2) is 18.5 Å². The van der Waals surface area contributed by atoms with Gasteiger partial charge in [0.15, 0.2) is 6.10 Å². The molecule has 0 saturated carbocycles. The van der Waals surface area contributed by atoms with Gasteiger partial charge in [0.05, 0.1) is 6.20 Å². The van der Waals surface area contributed by atoms with Crippen LogP contribution in [0.5, 0.6) is 0 Å². The van der Waals surface area contributed by atoms with Gasteiger partial charge in [-0.15, -0.1) is 0 Å². The van der Waals surface area contributed by atoms with Crippen LogP contribution in [0.3, 0.4) is 0 Å². The van der Waals surface area contributed by atoms with Gasteiger partial charge in [-0.2, -0.15) is 4.79 Å². The largest absolute Gasteiger partial charge is 0.480 e. The van der Waals surface area contributed by atoms with E-state index in [4.69, 9.17) is 15.4 Å². The zero-order valence-corrected chi connectivity index (χ0v) is 12.7. The van der Waals surface area contributed by atoms with E-state index >= 15 is 0 Å². The number of carbonyl (C=O) groups is 3. The second-order valence-corrected chi connectivity index (χ2v) is 4.70. The summed E-state index contributed by atoms with van der Waals surface area (Å²) in [4.78, 5) is 40.7. The van der Waals surface area contributed by atoms with Gasteiger partial charge < -0.3 is 20.7 Å². The van der Waals surface area contributed by atoms with E-state index in [9.17, 15) is 18.8 Å². The Bertz CT molecular complexity index is 675. The van der Waals surface area contributed by atoms with Gasteiger partial charge in [0.25, 0.3) is 5.91 Å². The lowest BCUT2D eigenvalue weighted by molar-refractivity contribution is -0.144. The summed E-state index contributed by atoms with van der Waals surface area (Å²) in [5, 5.41) is 11.3. The van der Waals surface area contributed by atoms with E-state index in [1.165, 1.54) is 13.3 Å². The van der Waals surface area contributed by atoms with Crippen molar-refractivity contribution < 1.29 is 33.4 Å². The number of amides is 1. The highest BCUT2D eigenvalue weighted by atomic mass is 19.1. The minimum atomic E-state index is -1.37. The van der Waals surface area contributed by atoms with E-state index in [2.05, 4.69) is 15.1 Å². The highest BCUT2D eigenvalue weighted by Crippen LogP contribution is 2.17. The normalized spacial score (nSPS) is 12.6. The smallest absolute Gasteiger partial charge is 0.326 e. The average molecular weight is 338 g/mol. The van der Waals surface area contributed by atoms with Crippen molar-refractivity contribution in [1.82, 2.24) is 10.3 Å². The molecule has 9 nitrogen and oxygen atoms in total. The number of nitrogens with one attached hydrogen (secondary N) is 1. The van der Waals surface area contributed by atoms with Crippen molar-refractivity contribution in [3.63, 3.8) is 0 Å². The van der Waals surface area contributed by atoms with Crippen molar-refractivity contribution >= 4 is 23.9 Å². The van der Waals surface area contributed by atoms with E-state index in [0.29, 0.717) is 6.21 Å². The van der Waals surface area contributed by atoms with E-state index in [-0.39, 0.29) is 18.4 Å². The Morgan fingerprint density at radius 1 is 1.50 bits per heavy atom. The Kier molecular flexibility index (Phi) is 7.34. The Labute approximate surface area is 136 Å². The van der Waals surface area contributed by atoms with Crippen LogP contribution in [0, 0.1) is 5.82 Å². The maximum Gasteiger partial charge on any atom is 0.326 e. The number of nitrogens with zero attached hydrogens (tertiary/aromatic N) is 3. The number of carboxylic acids is 1. The van der Waals surface area contributed by atoms with Crippen molar-refractivity contribution in [1.29, 1.82) is 0 Å². The molecule has 1 amide bonds. The molecule has 0 aliphatic heterocycles. The fourth-order valence-electron chi connectivity index (χ4n) is 1.89. The van der Waals surface area contributed by atoms with Crippen molar-refractivity contribution in [2.24, 2.45) is 0 Å². The summed E-state index contributed by atoms with van der Waals surface area (Å²) in [6, 6.07) is -0.328. The number of aromatic nitrogens is 1. The molecule has 2 N–H and O–H groups in total. The minimum Gasteiger partial charge on any atom is -0.480 e. The van der Waals surface area contributed by atoms with Crippen LogP contribution in [0.2, 0.25) is 0 Å². The zero-order chi connectivity index (χ0) is 18.1. The minimum absolute atomic E-state index is 0.114. The number of ketones is 1. The number of rotatable bonds is 9. The maximum atomic E-state index is 13.2. The molecule has 1 heterocycles. The first-order valence-electron chi connectivity index (χ1n) is 6.75.